The van der Waals surface area contributed by atoms with Gasteiger partial charge in [-0.1, -0.05) is 12.1 Å². The molecular weight excluding hydrogens is 222 g/mol. The predicted molar refractivity (Wildman–Crippen MR) is 65.8 cm³/mol. The zero-order chi connectivity index (χ0) is 12.3. The summed E-state index contributed by atoms with van der Waals surface area (Å²) in [5.74, 6) is 0. The highest BCUT2D eigenvalue weighted by Gasteiger charge is 2.21. The number of hydrogen-bond donors (Lipinski definition) is 1. The summed E-state index contributed by atoms with van der Waals surface area (Å²) in [6, 6.07) is 7.37. The van der Waals surface area contributed by atoms with E-state index in [1.165, 1.54) is 0 Å². The number of nitrogens with two attached hydrogens (primary N) is 1. The minimum Gasteiger partial charge on any atom is -0.369 e. The van der Waals surface area contributed by atoms with Crippen LogP contribution in [-0.2, 0) is 6.42 Å². The number of benzene rings is 1. The van der Waals surface area contributed by atoms with Crippen molar-refractivity contribution >= 4 is 5.69 Å². The lowest BCUT2D eigenvalue weighted by Crippen LogP contribution is -2.25. The van der Waals surface area contributed by atoms with E-state index in [-0.39, 0.29) is 0 Å². The largest absolute Gasteiger partial charge is 0.369 e. The third-order valence-electron chi connectivity index (χ3n) is 3.13. The number of anilines is 1. The molecule has 2 atom stereocenters. The highest BCUT2D eigenvalue weighted by atomic mass is 19.1. The van der Waals surface area contributed by atoms with Crippen LogP contribution in [0.1, 0.15) is 12.0 Å². The molecule has 0 spiro atoms. The summed E-state index contributed by atoms with van der Waals surface area (Å²) < 4.78 is 25.3. The van der Waals surface area contributed by atoms with Gasteiger partial charge in [0, 0.05) is 24.8 Å². The fourth-order valence-corrected chi connectivity index (χ4v) is 2.15. The standard InChI is InChI=1S/C13H18F2N2/c14-8-12(16)7-10-1-3-13(4-2-10)17-6-5-11(15)9-17/h1-4,11-12H,5-9,16H2/t11?,12-/m0/s1. The molecule has 94 valence electrons. The molecule has 2 rings (SSSR count). The van der Waals surface area contributed by atoms with E-state index in [0.29, 0.717) is 19.4 Å². The van der Waals surface area contributed by atoms with Gasteiger partial charge in [-0.15, -0.1) is 0 Å². The Morgan fingerprint density at radius 3 is 2.59 bits per heavy atom. The van der Waals surface area contributed by atoms with Gasteiger partial charge < -0.3 is 10.6 Å². The zero-order valence-electron chi connectivity index (χ0n) is 9.78. The summed E-state index contributed by atoms with van der Waals surface area (Å²) in [7, 11) is 0. The van der Waals surface area contributed by atoms with Crippen LogP contribution >= 0.6 is 0 Å². The second kappa shape index (κ2) is 5.45. The molecule has 0 aromatic heterocycles. The first-order valence-electron chi connectivity index (χ1n) is 5.98. The molecule has 2 N–H and O–H groups in total. The topological polar surface area (TPSA) is 29.3 Å². The van der Waals surface area contributed by atoms with E-state index in [1.54, 1.807) is 0 Å². The van der Waals surface area contributed by atoms with Crippen molar-refractivity contribution in [2.75, 3.05) is 24.7 Å². The molecule has 0 aliphatic carbocycles. The normalized spacial score (nSPS) is 21.8. The van der Waals surface area contributed by atoms with Crippen molar-refractivity contribution in [1.29, 1.82) is 0 Å². The minimum absolute atomic E-state index is 0.428. The molecule has 1 unspecified atom stereocenters. The molecule has 1 fully saturated rings. The van der Waals surface area contributed by atoms with Crippen molar-refractivity contribution in [2.24, 2.45) is 5.73 Å². The molecule has 17 heavy (non-hydrogen) atoms. The summed E-state index contributed by atoms with van der Waals surface area (Å²) >= 11 is 0. The summed E-state index contributed by atoms with van der Waals surface area (Å²) in [5.41, 5.74) is 7.60. The predicted octanol–water partition coefficient (Wildman–Crippen LogP) is 2.07. The van der Waals surface area contributed by atoms with Crippen LogP contribution in [0.25, 0.3) is 0 Å². The quantitative estimate of drug-likeness (QED) is 0.873. The van der Waals surface area contributed by atoms with Crippen LogP contribution in [0.5, 0.6) is 0 Å². The number of nitrogens with zero attached hydrogens (tertiary/aromatic N) is 1. The molecule has 0 amide bonds. The van der Waals surface area contributed by atoms with Gasteiger partial charge in [0.2, 0.25) is 0 Å². The van der Waals surface area contributed by atoms with Crippen LogP contribution in [0.2, 0.25) is 0 Å². The van der Waals surface area contributed by atoms with Crippen LogP contribution in [0.4, 0.5) is 14.5 Å². The van der Waals surface area contributed by atoms with E-state index in [4.69, 9.17) is 5.73 Å². The Labute approximate surface area is 100 Å². The van der Waals surface area contributed by atoms with E-state index >= 15 is 0 Å². The van der Waals surface area contributed by atoms with Gasteiger partial charge in [0.25, 0.3) is 0 Å². The average Bonchev–Trinajstić information content (AvgIpc) is 2.77. The first kappa shape index (κ1) is 12.3. The molecule has 4 heteroatoms. The molecular formula is C13H18F2N2. The number of alkyl halides is 2. The molecule has 0 bridgehead atoms. The molecule has 0 radical (unpaired) electrons. The Bertz CT molecular complexity index is 353. The number of hydrogen-bond acceptors (Lipinski definition) is 2. The lowest BCUT2D eigenvalue weighted by Gasteiger charge is -2.18. The van der Waals surface area contributed by atoms with Crippen molar-refractivity contribution in [1.82, 2.24) is 0 Å². The van der Waals surface area contributed by atoms with Crippen LogP contribution in [-0.4, -0.2) is 32.0 Å². The second-order valence-electron chi connectivity index (χ2n) is 4.62. The Morgan fingerprint density at radius 1 is 1.35 bits per heavy atom. The summed E-state index contributed by atoms with van der Waals surface area (Å²) in [5, 5.41) is 0. The monoisotopic (exact) mass is 240 g/mol. The van der Waals surface area contributed by atoms with E-state index < -0.39 is 18.9 Å². The first-order chi connectivity index (χ1) is 8.19. The fourth-order valence-electron chi connectivity index (χ4n) is 2.15. The third kappa shape index (κ3) is 3.16. The van der Waals surface area contributed by atoms with Gasteiger partial charge in [0.1, 0.15) is 12.8 Å². The fraction of sp³-hybridized carbons (Fsp3) is 0.538. The molecule has 2 nitrogen and oxygen atoms in total. The summed E-state index contributed by atoms with van der Waals surface area (Å²) in [6.07, 6.45) is 0.436. The van der Waals surface area contributed by atoms with Crippen molar-refractivity contribution in [3.05, 3.63) is 29.8 Å². The minimum atomic E-state index is -0.713. The van der Waals surface area contributed by atoms with Gasteiger partial charge in [0.15, 0.2) is 0 Å². The van der Waals surface area contributed by atoms with Crippen molar-refractivity contribution in [2.45, 2.75) is 25.1 Å². The van der Waals surface area contributed by atoms with Gasteiger partial charge in [0.05, 0.1) is 0 Å². The molecule has 1 heterocycles. The van der Waals surface area contributed by atoms with Gasteiger partial charge in [-0.05, 0) is 30.5 Å². The van der Waals surface area contributed by atoms with Gasteiger partial charge in [-0.3, -0.25) is 0 Å². The van der Waals surface area contributed by atoms with E-state index in [2.05, 4.69) is 0 Å². The van der Waals surface area contributed by atoms with E-state index in [9.17, 15) is 8.78 Å². The van der Waals surface area contributed by atoms with Crippen LogP contribution in [0.3, 0.4) is 0 Å². The molecule has 1 aromatic carbocycles. The molecule has 1 aromatic rings. The Kier molecular flexibility index (Phi) is 3.94. The third-order valence-corrected chi connectivity index (χ3v) is 3.13. The van der Waals surface area contributed by atoms with Crippen molar-refractivity contribution in [3.63, 3.8) is 0 Å². The maximum absolute atomic E-state index is 13.1. The average molecular weight is 240 g/mol. The lowest BCUT2D eigenvalue weighted by molar-refractivity contribution is 0.364. The number of rotatable bonds is 4. The van der Waals surface area contributed by atoms with E-state index in [1.807, 2.05) is 29.2 Å². The molecule has 1 aliphatic rings. The number of halogens is 2. The molecule has 1 saturated heterocycles. The van der Waals surface area contributed by atoms with Crippen LogP contribution in [0.15, 0.2) is 24.3 Å². The maximum atomic E-state index is 13.1. The smallest absolute Gasteiger partial charge is 0.119 e. The van der Waals surface area contributed by atoms with Crippen molar-refractivity contribution < 1.29 is 8.78 Å². The van der Waals surface area contributed by atoms with Gasteiger partial charge >= 0.3 is 0 Å². The highest BCUT2D eigenvalue weighted by Crippen LogP contribution is 2.22. The van der Waals surface area contributed by atoms with Gasteiger partial charge in [-0.2, -0.15) is 0 Å². The SMILES string of the molecule is N[C@H](CF)Cc1ccc(N2CCC(F)C2)cc1. The molecule has 0 saturated carbocycles. The summed E-state index contributed by atoms with van der Waals surface area (Å²) in [6.45, 7) is 0.741. The van der Waals surface area contributed by atoms with Crippen LogP contribution < -0.4 is 10.6 Å². The van der Waals surface area contributed by atoms with Crippen molar-refractivity contribution in [3.8, 4) is 0 Å². The Morgan fingerprint density at radius 2 is 2.06 bits per heavy atom. The van der Waals surface area contributed by atoms with Crippen LogP contribution in [0, 0.1) is 0 Å². The highest BCUT2D eigenvalue weighted by molar-refractivity contribution is 5.48. The first-order valence-corrected chi connectivity index (χ1v) is 5.98. The lowest BCUT2D eigenvalue weighted by atomic mass is 10.1. The summed E-state index contributed by atoms with van der Waals surface area (Å²) in [4.78, 5) is 2.03. The van der Waals surface area contributed by atoms with Gasteiger partial charge in [-0.25, -0.2) is 8.78 Å². The Hall–Kier alpha value is -1.16. The second-order valence-corrected chi connectivity index (χ2v) is 4.62. The van der Waals surface area contributed by atoms with E-state index in [0.717, 1.165) is 17.8 Å². The zero-order valence-corrected chi connectivity index (χ0v) is 9.78. The molecule has 1 aliphatic heterocycles. The Balaban J connectivity index is 1.98. The maximum Gasteiger partial charge on any atom is 0.119 e.